The highest BCUT2D eigenvalue weighted by atomic mass is 32.2. The van der Waals surface area contributed by atoms with Crippen LogP contribution in [0.2, 0.25) is 0 Å². The highest BCUT2D eigenvalue weighted by Crippen LogP contribution is 2.24. The molecule has 0 bridgehead atoms. The SMILES string of the molecule is CC(C#N)S(=O)(=O)N1C[C@H](O)C[C@@H]1C(=O)O. The maximum absolute atomic E-state index is 11.8. The van der Waals surface area contributed by atoms with Gasteiger partial charge >= 0.3 is 5.97 Å². The van der Waals surface area contributed by atoms with Gasteiger partial charge in [-0.05, 0) is 6.92 Å². The molecule has 3 atom stereocenters. The summed E-state index contributed by atoms with van der Waals surface area (Å²) in [5, 5.41) is 25.3. The van der Waals surface area contributed by atoms with E-state index in [0.29, 0.717) is 4.31 Å². The fourth-order valence-corrected chi connectivity index (χ4v) is 3.01. The van der Waals surface area contributed by atoms with E-state index in [4.69, 9.17) is 10.4 Å². The standard InChI is InChI=1S/C8H12N2O5S/c1-5(3-9)16(14,15)10-4-6(11)2-7(10)8(12)13/h5-7,11H,2,4H2,1H3,(H,12,13)/t5?,6-,7-/m1/s1. The second kappa shape index (κ2) is 4.37. The molecule has 1 fully saturated rings. The molecule has 1 unspecified atom stereocenters. The number of nitrogens with zero attached hydrogens (tertiary/aromatic N) is 2. The van der Waals surface area contributed by atoms with Crippen LogP contribution in [0, 0.1) is 11.3 Å². The Kier molecular flexibility index (Phi) is 3.52. The summed E-state index contributed by atoms with van der Waals surface area (Å²) in [6.07, 6.45) is -1.14. The molecule has 1 rings (SSSR count). The average molecular weight is 248 g/mol. The normalized spacial score (nSPS) is 28.6. The maximum Gasteiger partial charge on any atom is 0.322 e. The third kappa shape index (κ3) is 2.16. The van der Waals surface area contributed by atoms with Crippen molar-refractivity contribution in [3.8, 4) is 6.07 Å². The van der Waals surface area contributed by atoms with E-state index in [1.54, 1.807) is 6.07 Å². The lowest BCUT2D eigenvalue weighted by Crippen LogP contribution is -2.44. The fraction of sp³-hybridized carbons (Fsp3) is 0.750. The summed E-state index contributed by atoms with van der Waals surface area (Å²) in [6, 6.07) is 0.271. The zero-order valence-corrected chi connectivity index (χ0v) is 9.38. The second-order valence-corrected chi connectivity index (χ2v) is 5.84. The molecule has 0 spiro atoms. The largest absolute Gasteiger partial charge is 0.480 e. The maximum atomic E-state index is 11.8. The van der Waals surface area contributed by atoms with Gasteiger partial charge in [0.05, 0.1) is 12.2 Å². The lowest BCUT2D eigenvalue weighted by Gasteiger charge is -2.21. The quantitative estimate of drug-likeness (QED) is 0.644. The molecule has 0 saturated carbocycles. The molecule has 7 nitrogen and oxygen atoms in total. The molecule has 0 radical (unpaired) electrons. The first-order valence-electron chi connectivity index (χ1n) is 4.62. The molecular formula is C8H12N2O5S. The molecular weight excluding hydrogens is 236 g/mol. The average Bonchev–Trinajstić information content (AvgIpc) is 2.59. The van der Waals surface area contributed by atoms with Crippen molar-refractivity contribution in [3.05, 3.63) is 0 Å². The predicted molar refractivity (Wildman–Crippen MR) is 52.7 cm³/mol. The van der Waals surface area contributed by atoms with Gasteiger partial charge in [-0.1, -0.05) is 0 Å². The van der Waals surface area contributed by atoms with E-state index >= 15 is 0 Å². The second-order valence-electron chi connectivity index (χ2n) is 3.63. The van der Waals surface area contributed by atoms with Crippen molar-refractivity contribution in [3.63, 3.8) is 0 Å². The minimum atomic E-state index is -3.98. The highest BCUT2D eigenvalue weighted by Gasteiger charge is 2.44. The summed E-state index contributed by atoms with van der Waals surface area (Å²) in [7, 11) is -3.98. The van der Waals surface area contributed by atoms with Crippen LogP contribution in [0.3, 0.4) is 0 Å². The molecule has 1 heterocycles. The van der Waals surface area contributed by atoms with E-state index in [9.17, 15) is 18.3 Å². The van der Waals surface area contributed by atoms with Crippen LogP contribution in [0.1, 0.15) is 13.3 Å². The van der Waals surface area contributed by atoms with Gasteiger partial charge in [0.1, 0.15) is 6.04 Å². The Bertz CT molecular complexity index is 426. The third-order valence-electron chi connectivity index (χ3n) is 2.47. The first-order chi connectivity index (χ1) is 7.30. The Morgan fingerprint density at radius 2 is 2.19 bits per heavy atom. The van der Waals surface area contributed by atoms with Crippen molar-refractivity contribution in [2.45, 2.75) is 30.7 Å². The molecule has 1 saturated heterocycles. The fourth-order valence-electron chi connectivity index (χ4n) is 1.56. The topological polar surface area (TPSA) is 119 Å². The molecule has 0 aromatic heterocycles. The molecule has 0 aliphatic carbocycles. The van der Waals surface area contributed by atoms with E-state index in [0.717, 1.165) is 0 Å². The van der Waals surface area contributed by atoms with Gasteiger partial charge in [-0.2, -0.15) is 9.57 Å². The summed E-state index contributed by atoms with van der Waals surface area (Å²) in [5.41, 5.74) is 0. The Morgan fingerprint density at radius 1 is 1.62 bits per heavy atom. The predicted octanol–water partition coefficient (Wildman–Crippen LogP) is -1.25. The first kappa shape index (κ1) is 12.9. The lowest BCUT2D eigenvalue weighted by molar-refractivity contribution is -0.140. The molecule has 1 aliphatic rings. The number of rotatable bonds is 3. The van der Waals surface area contributed by atoms with Gasteiger partial charge < -0.3 is 10.2 Å². The molecule has 8 heteroatoms. The Hall–Kier alpha value is -1.17. The molecule has 0 amide bonds. The van der Waals surface area contributed by atoms with Gasteiger partial charge in [0.15, 0.2) is 5.25 Å². The zero-order valence-electron chi connectivity index (χ0n) is 8.57. The van der Waals surface area contributed by atoms with Gasteiger partial charge in [-0.3, -0.25) is 4.79 Å². The van der Waals surface area contributed by atoms with Gasteiger partial charge in [0.2, 0.25) is 10.0 Å². The summed E-state index contributed by atoms with van der Waals surface area (Å²) < 4.78 is 24.2. The van der Waals surface area contributed by atoms with E-state index in [-0.39, 0.29) is 13.0 Å². The van der Waals surface area contributed by atoms with Crippen molar-refractivity contribution in [1.82, 2.24) is 4.31 Å². The Morgan fingerprint density at radius 3 is 2.62 bits per heavy atom. The van der Waals surface area contributed by atoms with E-state index in [2.05, 4.69) is 0 Å². The van der Waals surface area contributed by atoms with Crippen molar-refractivity contribution in [1.29, 1.82) is 5.26 Å². The van der Waals surface area contributed by atoms with Crippen molar-refractivity contribution in [2.75, 3.05) is 6.54 Å². The Balaban J connectivity index is 3.04. The number of carboxylic acids is 1. The van der Waals surface area contributed by atoms with Crippen molar-refractivity contribution in [2.24, 2.45) is 0 Å². The minimum absolute atomic E-state index is 0.146. The molecule has 0 aromatic rings. The van der Waals surface area contributed by atoms with Crippen LogP contribution in [-0.4, -0.2) is 52.8 Å². The number of sulfonamides is 1. The van der Waals surface area contributed by atoms with E-state index < -0.39 is 33.4 Å². The van der Waals surface area contributed by atoms with Gasteiger partial charge in [-0.15, -0.1) is 0 Å². The summed E-state index contributed by atoms with van der Waals surface area (Å²) in [4.78, 5) is 10.8. The number of aliphatic carboxylic acids is 1. The summed E-state index contributed by atoms with van der Waals surface area (Å²) in [6.45, 7) is 0.907. The summed E-state index contributed by atoms with van der Waals surface area (Å²) in [5.74, 6) is -1.31. The molecule has 0 aromatic carbocycles. The zero-order chi connectivity index (χ0) is 12.5. The molecule has 90 valence electrons. The van der Waals surface area contributed by atoms with Crippen LogP contribution >= 0.6 is 0 Å². The number of hydrogen-bond acceptors (Lipinski definition) is 5. The molecule has 1 aliphatic heterocycles. The van der Waals surface area contributed by atoms with Gasteiger partial charge in [0.25, 0.3) is 0 Å². The lowest BCUT2D eigenvalue weighted by atomic mass is 10.2. The molecule has 2 N–H and O–H groups in total. The molecule has 16 heavy (non-hydrogen) atoms. The van der Waals surface area contributed by atoms with Crippen LogP contribution < -0.4 is 0 Å². The van der Waals surface area contributed by atoms with Gasteiger partial charge in [0, 0.05) is 13.0 Å². The number of aliphatic hydroxyl groups excluding tert-OH is 1. The number of carbonyl (C=O) groups is 1. The summed E-state index contributed by atoms with van der Waals surface area (Å²) >= 11 is 0. The van der Waals surface area contributed by atoms with Crippen LogP contribution in [-0.2, 0) is 14.8 Å². The smallest absolute Gasteiger partial charge is 0.322 e. The number of nitriles is 1. The highest BCUT2D eigenvalue weighted by molar-refractivity contribution is 7.90. The number of carboxylic acid groups (broad SMARTS) is 1. The van der Waals surface area contributed by atoms with Crippen molar-refractivity contribution >= 4 is 16.0 Å². The first-order valence-corrected chi connectivity index (χ1v) is 6.12. The third-order valence-corrected chi connectivity index (χ3v) is 4.53. The Labute approximate surface area is 93.0 Å². The van der Waals surface area contributed by atoms with Crippen molar-refractivity contribution < 1.29 is 23.4 Å². The van der Waals surface area contributed by atoms with E-state index in [1.807, 2.05) is 0 Å². The van der Waals surface area contributed by atoms with Crippen LogP contribution in [0.4, 0.5) is 0 Å². The number of β-amino-alcohol motifs (C(OH)–C–C–N with tert-alkyl or cyclic N) is 1. The van der Waals surface area contributed by atoms with E-state index in [1.165, 1.54) is 6.92 Å². The van der Waals surface area contributed by atoms with Crippen LogP contribution in [0.5, 0.6) is 0 Å². The van der Waals surface area contributed by atoms with Crippen LogP contribution in [0.25, 0.3) is 0 Å². The number of hydrogen-bond donors (Lipinski definition) is 2. The monoisotopic (exact) mass is 248 g/mol. The minimum Gasteiger partial charge on any atom is -0.480 e. The number of aliphatic hydroxyl groups is 1. The van der Waals surface area contributed by atoms with Crippen LogP contribution in [0.15, 0.2) is 0 Å². The van der Waals surface area contributed by atoms with Gasteiger partial charge in [-0.25, -0.2) is 8.42 Å².